The van der Waals surface area contributed by atoms with Gasteiger partial charge in [-0.2, -0.15) is 0 Å². The fourth-order valence-electron chi connectivity index (χ4n) is 3.03. The Morgan fingerprint density at radius 1 is 1.15 bits per heavy atom. The van der Waals surface area contributed by atoms with Gasteiger partial charge in [-0.15, -0.1) is 0 Å². The van der Waals surface area contributed by atoms with Gasteiger partial charge < -0.3 is 19.8 Å². The van der Waals surface area contributed by atoms with E-state index in [0.717, 1.165) is 16.5 Å². The van der Waals surface area contributed by atoms with E-state index >= 15 is 0 Å². The van der Waals surface area contributed by atoms with Crippen LogP contribution in [0.2, 0.25) is 0 Å². The van der Waals surface area contributed by atoms with Gasteiger partial charge in [0.15, 0.2) is 11.5 Å². The Hall–Kier alpha value is -3.13. The fourth-order valence-corrected chi connectivity index (χ4v) is 3.03. The average Bonchev–Trinajstić information content (AvgIpc) is 3.06. The number of methoxy groups -OCH3 is 2. The van der Waals surface area contributed by atoms with Crippen LogP contribution in [0.5, 0.6) is 11.5 Å². The number of hydrogen-bond donors (Lipinski definition) is 2. The highest BCUT2D eigenvalue weighted by Crippen LogP contribution is 2.34. The van der Waals surface area contributed by atoms with E-state index in [4.69, 9.17) is 9.47 Å². The van der Waals surface area contributed by atoms with Gasteiger partial charge in [-0.05, 0) is 42.8 Å². The third-order valence-electron chi connectivity index (χ3n) is 4.40. The van der Waals surface area contributed by atoms with E-state index in [2.05, 4.69) is 10.3 Å². The zero-order valence-corrected chi connectivity index (χ0v) is 15.0. The summed E-state index contributed by atoms with van der Waals surface area (Å²) < 4.78 is 23.6. The van der Waals surface area contributed by atoms with Gasteiger partial charge in [0, 0.05) is 29.2 Å². The molecule has 0 radical (unpaired) electrons. The molecule has 27 heavy (non-hydrogen) atoms. The number of nitrogens with zero attached hydrogens (tertiary/aromatic N) is 1. The van der Waals surface area contributed by atoms with Gasteiger partial charge in [-0.1, -0.05) is 0 Å². The number of nitro groups is 1. The van der Waals surface area contributed by atoms with Crippen LogP contribution in [-0.4, -0.2) is 30.7 Å². The molecule has 0 aliphatic carbocycles. The van der Waals surface area contributed by atoms with Crippen LogP contribution in [0.4, 0.5) is 10.1 Å². The van der Waals surface area contributed by atoms with Crippen molar-refractivity contribution in [3.8, 4) is 11.5 Å². The van der Waals surface area contributed by atoms with Gasteiger partial charge >= 0.3 is 0 Å². The maximum atomic E-state index is 13.3. The zero-order valence-electron chi connectivity index (χ0n) is 15.0. The molecule has 0 amide bonds. The topological polar surface area (TPSA) is 89.4 Å². The average molecular weight is 373 g/mol. The van der Waals surface area contributed by atoms with E-state index in [-0.39, 0.29) is 11.5 Å². The van der Waals surface area contributed by atoms with Crippen LogP contribution < -0.4 is 14.8 Å². The number of benzene rings is 2. The van der Waals surface area contributed by atoms with Crippen molar-refractivity contribution < 1.29 is 18.8 Å². The molecule has 3 aromatic rings. The van der Waals surface area contributed by atoms with Gasteiger partial charge in [0.1, 0.15) is 5.82 Å². The van der Waals surface area contributed by atoms with Crippen LogP contribution >= 0.6 is 0 Å². The predicted octanol–water partition coefficient (Wildman–Crippen LogP) is 3.56. The van der Waals surface area contributed by atoms with Gasteiger partial charge in [0.25, 0.3) is 5.69 Å². The molecule has 0 saturated heterocycles. The fraction of sp³-hybridized carbons (Fsp3) is 0.263. The number of aromatic nitrogens is 1. The molecule has 7 nitrogen and oxygen atoms in total. The molecule has 2 aromatic carbocycles. The largest absolute Gasteiger partial charge is 0.493 e. The van der Waals surface area contributed by atoms with Crippen molar-refractivity contribution in [3.05, 3.63) is 63.6 Å². The molecule has 0 saturated carbocycles. The molecule has 0 bridgehead atoms. The molecule has 0 fully saturated rings. The first-order valence-electron chi connectivity index (χ1n) is 8.39. The van der Waals surface area contributed by atoms with Crippen LogP contribution in [0.25, 0.3) is 10.9 Å². The van der Waals surface area contributed by atoms with E-state index in [1.54, 1.807) is 12.1 Å². The molecule has 0 aliphatic heterocycles. The van der Waals surface area contributed by atoms with Crippen molar-refractivity contribution in [2.75, 3.05) is 20.8 Å². The SMILES string of the molecule is COc1cc(CNCCc2c[nH]c3cc(F)ccc23)c([N+](=O)[O-])cc1OC. The molecule has 0 atom stereocenters. The third-order valence-corrected chi connectivity index (χ3v) is 4.40. The number of H-pyrrole nitrogens is 1. The first-order valence-corrected chi connectivity index (χ1v) is 8.39. The molecule has 0 aliphatic rings. The highest BCUT2D eigenvalue weighted by Gasteiger charge is 2.19. The third kappa shape index (κ3) is 4.01. The van der Waals surface area contributed by atoms with Crippen molar-refractivity contribution in [2.24, 2.45) is 0 Å². The number of nitro benzene ring substituents is 1. The Morgan fingerprint density at radius 2 is 1.89 bits per heavy atom. The summed E-state index contributed by atoms with van der Waals surface area (Å²) in [6.07, 6.45) is 2.55. The number of ether oxygens (including phenoxy) is 2. The first kappa shape index (κ1) is 18.7. The van der Waals surface area contributed by atoms with Gasteiger partial charge in [0.05, 0.1) is 25.2 Å². The number of aromatic amines is 1. The summed E-state index contributed by atoms with van der Waals surface area (Å²) in [6.45, 7) is 0.920. The lowest BCUT2D eigenvalue weighted by Crippen LogP contribution is -2.17. The highest BCUT2D eigenvalue weighted by atomic mass is 19.1. The second kappa shape index (κ2) is 8.05. The maximum absolute atomic E-state index is 13.3. The Kier molecular flexibility index (Phi) is 5.56. The summed E-state index contributed by atoms with van der Waals surface area (Å²) in [7, 11) is 2.92. The smallest absolute Gasteiger partial charge is 0.277 e. The second-order valence-corrected chi connectivity index (χ2v) is 6.02. The molecule has 0 spiro atoms. The van der Waals surface area contributed by atoms with Crippen molar-refractivity contribution in [1.29, 1.82) is 0 Å². The number of hydrogen-bond acceptors (Lipinski definition) is 5. The monoisotopic (exact) mass is 373 g/mol. The summed E-state index contributed by atoms with van der Waals surface area (Å²) in [5.74, 6) is 0.479. The van der Waals surface area contributed by atoms with Gasteiger partial charge in [-0.3, -0.25) is 10.1 Å². The minimum Gasteiger partial charge on any atom is -0.493 e. The molecular weight excluding hydrogens is 353 g/mol. The quantitative estimate of drug-likeness (QED) is 0.358. The Morgan fingerprint density at radius 3 is 2.59 bits per heavy atom. The molecule has 3 rings (SSSR count). The predicted molar refractivity (Wildman–Crippen MR) is 99.9 cm³/mol. The Labute approximate surface area is 155 Å². The summed E-state index contributed by atoms with van der Waals surface area (Å²) in [4.78, 5) is 13.9. The van der Waals surface area contributed by atoms with E-state index < -0.39 is 4.92 Å². The molecule has 8 heteroatoms. The molecule has 142 valence electrons. The first-order chi connectivity index (χ1) is 13.0. The Balaban J connectivity index is 1.68. The Bertz CT molecular complexity index is 971. The normalized spacial score (nSPS) is 10.9. The standard InChI is InChI=1S/C19H20FN3O4/c1-26-18-7-13(17(23(24)25)9-19(18)27-2)10-21-6-5-12-11-22-16-8-14(20)3-4-15(12)16/h3-4,7-9,11,21-22H,5-6,10H2,1-2H3. The van der Waals surface area contributed by atoms with E-state index in [1.165, 1.54) is 32.4 Å². The minimum absolute atomic E-state index is 0.0253. The molecular formula is C19H20FN3O4. The molecule has 1 aromatic heterocycles. The molecule has 1 heterocycles. The second-order valence-electron chi connectivity index (χ2n) is 6.02. The number of rotatable bonds is 8. The van der Waals surface area contributed by atoms with E-state index in [0.29, 0.717) is 36.6 Å². The summed E-state index contributed by atoms with van der Waals surface area (Å²) >= 11 is 0. The van der Waals surface area contributed by atoms with Crippen molar-refractivity contribution in [2.45, 2.75) is 13.0 Å². The van der Waals surface area contributed by atoms with Crippen molar-refractivity contribution in [1.82, 2.24) is 10.3 Å². The number of fused-ring (bicyclic) bond motifs is 1. The number of halogens is 1. The summed E-state index contributed by atoms with van der Waals surface area (Å²) in [5.41, 5.74) is 2.29. The molecule has 0 unspecified atom stereocenters. The van der Waals surface area contributed by atoms with Crippen molar-refractivity contribution in [3.63, 3.8) is 0 Å². The number of nitrogens with one attached hydrogen (secondary N) is 2. The van der Waals surface area contributed by atoms with E-state index in [1.807, 2.05) is 6.20 Å². The van der Waals surface area contributed by atoms with E-state index in [9.17, 15) is 14.5 Å². The highest BCUT2D eigenvalue weighted by molar-refractivity contribution is 5.83. The zero-order chi connectivity index (χ0) is 19.4. The lowest BCUT2D eigenvalue weighted by Gasteiger charge is -2.11. The van der Waals surface area contributed by atoms with Crippen LogP contribution in [-0.2, 0) is 13.0 Å². The van der Waals surface area contributed by atoms with Gasteiger partial charge in [-0.25, -0.2) is 4.39 Å². The maximum Gasteiger partial charge on any atom is 0.277 e. The van der Waals surface area contributed by atoms with Crippen LogP contribution in [0.15, 0.2) is 36.5 Å². The van der Waals surface area contributed by atoms with Crippen LogP contribution in [0, 0.1) is 15.9 Å². The van der Waals surface area contributed by atoms with Gasteiger partial charge in [0.2, 0.25) is 0 Å². The lowest BCUT2D eigenvalue weighted by molar-refractivity contribution is -0.385. The summed E-state index contributed by atoms with van der Waals surface area (Å²) in [5, 5.41) is 15.5. The van der Waals surface area contributed by atoms with Crippen LogP contribution in [0.3, 0.4) is 0 Å². The van der Waals surface area contributed by atoms with Crippen LogP contribution in [0.1, 0.15) is 11.1 Å². The minimum atomic E-state index is -0.437. The lowest BCUT2D eigenvalue weighted by atomic mass is 10.1. The molecule has 2 N–H and O–H groups in total. The van der Waals surface area contributed by atoms with Crippen molar-refractivity contribution >= 4 is 16.6 Å². The summed E-state index contributed by atoms with van der Waals surface area (Å²) in [6, 6.07) is 7.61.